The van der Waals surface area contributed by atoms with Crippen molar-refractivity contribution in [2.24, 2.45) is 10.2 Å². The van der Waals surface area contributed by atoms with Gasteiger partial charge in [-0.15, -0.1) is 10.2 Å². The number of aromatic nitrogens is 2. The SMILES string of the molecule is Cc1nn(-c2ccccc2)c(C)c1N=Nc1cc(Cl)ccc1Cl. The fourth-order valence-corrected chi connectivity index (χ4v) is 2.59. The van der Waals surface area contributed by atoms with Crippen molar-refractivity contribution in [2.75, 3.05) is 0 Å². The molecule has 0 radical (unpaired) electrons. The predicted molar refractivity (Wildman–Crippen MR) is 93.7 cm³/mol. The number of hydrogen-bond acceptors (Lipinski definition) is 3. The maximum atomic E-state index is 6.11. The quantitative estimate of drug-likeness (QED) is 0.520. The monoisotopic (exact) mass is 344 g/mol. The molecule has 0 aliphatic heterocycles. The molecule has 0 atom stereocenters. The van der Waals surface area contributed by atoms with Crippen molar-refractivity contribution >= 4 is 34.6 Å². The van der Waals surface area contributed by atoms with Gasteiger partial charge >= 0.3 is 0 Å². The van der Waals surface area contributed by atoms with Crippen LogP contribution in [0, 0.1) is 13.8 Å². The molecule has 0 fully saturated rings. The molecule has 0 saturated carbocycles. The van der Waals surface area contributed by atoms with E-state index < -0.39 is 0 Å². The molecular weight excluding hydrogens is 331 g/mol. The third-order valence-corrected chi connectivity index (χ3v) is 3.97. The van der Waals surface area contributed by atoms with Gasteiger partial charge in [-0.05, 0) is 44.2 Å². The Hall–Kier alpha value is -2.17. The largest absolute Gasteiger partial charge is 0.236 e. The molecule has 1 aromatic heterocycles. The Labute approximate surface area is 144 Å². The molecular formula is C17H14Cl2N4. The summed E-state index contributed by atoms with van der Waals surface area (Å²) in [6, 6.07) is 15.0. The number of para-hydroxylation sites is 1. The summed E-state index contributed by atoms with van der Waals surface area (Å²) in [6.45, 7) is 3.86. The average Bonchev–Trinajstić information content (AvgIpc) is 2.84. The lowest BCUT2D eigenvalue weighted by Gasteiger charge is -2.03. The van der Waals surface area contributed by atoms with E-state index in [9.17, 15) is 0 Å². The minimum absolute atomic E-state index is 0.504. The van der Waals surface area contributed by atoms with E-state index in [1.807, 2.05) is 48.9 Å². The fourth-order valence-electron chi connectivity index (χ4n) is 2.27. The third-order valence-electron chi connectivity index (χ3n) is 3.42. The number of rotatable bonds is 3. The van der Waals surface area contributed by atoms with Gasteiger partial charge in [-0.1, -0.05) is 41.4 Å². The Kier molecular flexibility index (Phi) is 4.46. The zero-order chi connectivity index (χ0) is 16.4. The van der Waals surface area contributed by atoms with Crippen molar-refractivity contribution in [1.29, 1.82) is 0 Å². The van der Waals surface area contributed by atoms with E-state index in [2.05, 4.69) is 15.3 Å². The summed E-state index contributed by atoms with van der Waals surface area (Å²) in [5.41, 5.74) is 3.95. The summed E-state index contributed by atoms with van der Waals surface area (Å²) in [4.78, 5) is 0. The molecule has 23 heavy (non-hydrogen) atoms. The van der Waals surface area contributed by atoms with Gasteiger partial charge in [0.25, 0.3) is 0 Å². The topological polar surface area (TPSA) is 42.5 Å². The van der Waals surface area contributed by atoms with Crippen molar-refractivity contribution in [1.82, 2.24) is 9.78 Å². The van der Waals surface area contributed by atoms with Gasteiger partial charge in [-0.2, -0.15) is 5.10 Å². The molecule has 116 valence electrons. The summed E-state index contributed by atoms with van der Waals surface area (Å²) in [6.07, 6.45) is 0. The lowest BCUT2D eigenvalue weighted by molar-refractivity contribution is 0.833. The van der Waals surface area contributed by atoms with Crippen LogP contribution in [0.25, 0.3) is 5.69 Å². The van der Waals surface area contributed by atoms with Gasteiger partial charge in [0.1, 0.15) is 11.4 Å². The van der Waals surface area contributed by atoms with E-state index in [-0.39, 0.29) is 0 Å². The van der Waals surface area contributed by atoms with Crippen LogP contribution in [0.1, 0.15) is 11.4 Å². The van der Waals surface area contributed by atoms with E-state index in [0.29, 0.717) is 15.7 Å². The normalized spacial score (nSPS) is 11.3. The lowest BCUT2D eigenvalue weighted by Crippen LogP contribution is -1.98. The van der Waals surface area contributed by atoms with E-state index in [0.717, 1.165) is 22.8 Å². The molecule has 0 saturated heterocycles. The molecule has 0 amide bonds. The Balaban J connectivity index is 2.00. The fraction of sp³-hybridized carbons (Fsp3) is 0.118. The Morgan fingerprint density at radius 1 is 0.957 bits per heavy atom. The Morgan fingerprint density at radius 2 is 1.70 bits per heavy atom. The Morgan fingerprint density at radius 3 is 2.43 bits per heavy atom. The van der Waals surface area contributed by atoms with Crippen LogP contribution in [0.4, 0.5) is 11.4 Å². The number of nitrogens with zero attached hydrogens (tertiary/aromatic N) is 4. The van der Waals surface area contributed by atoms with E-state index in [1.165, 1.54) is 0 Å². The van der Waals surface area contributed by atoms with Gasteiger partial charge in [0.05, 0.1) is 22.1 Å². The van der Waals surface area contributed by atoms with Crippen LogP contribution in [0.15, 0.2) is 58.8 Å². The van der Waals surface area contributed by atoms with Gasteiger partial charge in [0.15, 0.2) is 0 Å². The molecule has 1 heterocycles. The molecule has 0 aliphatic rings. The van der Waals surface area contributed by atoms with Gasteiger partial charge in [0, 0.05) is 5.02 Å². The molecule has 0 bridgehead atoms. The summed E-state index contributed by atoms with van der Waals surface area (Å²) < 4.78 is 1.85. The van der Waals surface area contributed by atoms with Crippen molar-refractivity contribution < 1.29 is 0 Å². The summed E-state index contributed by atoms with van der Waals surface area (Å²) in [7, 11) is 0. The highest BCUT2D eigenvalue weighted by molar-refractivity contribution is 6.35. The molecule has 2 aromatic carbocycles. The van der Waals surface area contributed by atoms with Crippen molar-refractivity contribution in [3.8, 4) is 5.69 Å². The van der Waals surface area contributed by atoms with Gasteiger partial charge in [0.2, 0.25) is 0 Å². The molecule has 0 spiro atoms. The predicted octanol–water partition coefficient (Wildman–Crippen LogP) is 6.21. The van der Waals surface area contributed by atoms with Crippen LogP contribution in [-0.4, -0.2) is 9.78 Å². The molecule has 6 heteroatoms. The van der Waals surface area contributed by atoms with E-state index >= 15 is 0 Å². The molecule has 0 aliphatic carbocycles. The van der Waals surface area contributed by atoms with Crippen LogP contribution in [0.5, 0.6) is 0 Å². The lowest BCUT2D eigenvalue weighted by atomic mass is 10.3. The number of azo groups is 1. The molecule has 0 unspecified atom stereocenters. The zero-order valence-corrected chi connectivity index (χ0v) is 14.2. The molecule has 3 aromatic rings. The van der Waals surface area contributed by atoms with Gasteiger partial charge < -0.3 is 0 Å². The zero-order valence-electron chi connectivity index (χ0n) is 12.7. The van der Waals surface area contributed by atoms with Gasteiger partial charge in [-0.25, -0.2) is 4.68 Å². The highest BCUT2D eigenvalue weighted by atomic mass is 35.5. The first-order valence-electron chi connectivity index (χ1n) is 7.04. The summed E-state index contributed by atoms with van der Waals surface area (Å²) >= 11 is 12.1. The average molecular weight is 345 g/mol. The number of halogens is 2. The van der Waals surface area contributed by atoms with Crippen LogP contribution >= 0.6 is 23.2 Å². The Bertz CT molecular complexity index is 870. The molecule has 4 nitrogen and oxygen atoms in total. The smallest absolute Gasteiger partial charge is 0.130 e. The summed E-state index contributed by atoms with van der Waals surface area (Å²) in [5.74, 6) is 0. The molecule has 0 N–H and O–H groups in total. The van der Waals surface area contributed by atoms with Gasteiger partial charge in [-0.3, -0.25) is 0 Å². The highest BCUT2D eigenvalue weighted by Gasteiger charge is 2.12. The maximum absolute atomic E-state index is 6.11. The third kappa shape index (κ3) is 3.28. The second kappa shape index (κ2) is 6.52. The van der Waals surface area contributed by atoms with Crippen LogP contribution in [0.2, 0.25) is 10.0 Å². The van der Waals surface area contributed by atoms with Crippen LogP contribution in [0.3, 0.4) is 0 Å². The van der Waals surface area contributed by atoms with E-state index in [4.69, 9.17) is 23.2 Å². The van der Waals surface area contributed by atoms with Crippen molar-refractivity contribution in [3.63, 3.8) is 0 Å². The number of hydrogen-bond donors (Lipinski definition) is 0. The first-order valence-corrected chi connectivity index (χ1v) is 7.80. The maximum Gasteiger partial charge on any atom is 0.130 e. The second-order valence-corrected chi connectivity index (χ2v) is 5.91. The van der Waals surface area contributed by atoms with Crippen LogP contribution < -0.4 is 0 Å². The van der Waals surface area contributed by atoms with E-state index in [1.54, 1.807) is 18.2 Å². The highest BCUT2D eigenvalue weighted by Crippen LogP contribution is 2.32. The minimum atomic E-state index is 0.504. The first kappa shape index (κ1) is 15.7. The second-order valence-electron chi connectivity index (χ2n) is 5.06. The number of aryl methyl sites for hydroxylation is 1. The van der Waals surface area contributed by atoms with Crippen molar-refractivity contribution in [3.05, 3.63) is 70.0 Å². The summed E-state index contributed by atoms with van der Waals surface area (Å²) in [5, 5.41) is 14.1. The standard InChI is InChI=1S/C17H14Cl2N4/c1-11-17(21-20-16-10-13(18)8-9-15(16)19)12(2)23(22-11)14-6-4-3-5-7-14/h3-10H,1-2H3. The first-order chi connectivity index (χ1) is 11.1. The minimum Gasteiger partial charge on any atom is -0.236 e. The van der Waals surface area contributed by atoms with Crippen LogP contribution in [-0.2, 0) is 0 Å². The molecule has 3 rings (SSSR count). The van der Waals surface area contributed by atoms with Crippen molar-refractivity contribution in [2.45, 2.75) is 13.8 Å². The number of benzene rings is 2.